The van der Waals surface area contributed by atoms with Gasteiger partial charge in [0.25, 0.3) is 5.91 Å². The molecule has 0 atom stereocenters. The van der Waals surface area contributed by atoms with Gasteiger partial charge in [-0.3, -0.25) is 14.5 Å². The average molecular weight is 349 g/mol. The molecule has 2 aliphatic carbocycles. The molecule has 3 rings (SSSR count). The zero-order chi connectivity index (χ0) is 17.7. The molecule has 3 aliphatic rings. The predicted molar refractivity (Wildman–Crippen MR) is 94.9 cm³/mol. The van der Waals surface area contributed by atoms with Crippen molar-refractivity contribution in [2.24, 2.45) is 5.92 Å². The van der Waals surface area contributed by atoms with Crippen LogP contribution < -0.4 is 10.6 Å². The Morgan fingerprint density at radius 1 is 1.00 bits per heavy atom. The second kappa shape index (κ2) is 8.19. The quantitative estimate of drug-likeness (QED) is 0.766. The molecule has 6 heteroatoms. The molecule has 2 saturated carbocycles. The van der Waals surface area contributed by atoms with Crippen LogP contribution in [0.3, 0.4) is 0 Å². The summed E-state index contributed by atoms with van der Waals surface area (Å²) in [6.45, 7) is 0.507. The first kappa shape index (κ1) is 18.2. The normalized spacial score (nSPS) is 24.7. The lowest BCUT2D eigenvalue weighted by molar-refractivity contribution is -0.135. The summed E-state index contributed by atoms with van der Waals surface area (Å²) >= 11 is 0. The molecule has 2 N–H and O–H groups in total. The fourth-order valence-corrected chi connectivity index (χ4v) is 4.52. The lowest BCUT2D eigenvalue weighted by Gasteiger charge is -2.28. The number of hydrogen-bond donors (Lipinski definition) is 2. The molecule has 0 unspecified atom stereocenters. The molecular formula is C19H31N3O3. The van der Waals surface area contributed by atoms with Crippen molar-refractivity contribution < 1.29 is 14.4 Å². The van der Waals surface area contributed by atoms with E-state index in [1.807, 2.05) is 0 Å². The molecule has 1 heterocycles. The number of urea groups is 1. The topological polar surface area (TPSA) is 78.5 Å². The number of rotatable bonds is 4. The lowest BCUT2D eigenvalue weighted by atomic mass is 9.84. The Morgan fingerprint density at radius 2 is 1.60 bits per heavy atom. The monoisotopic (exact) mass is 349 g/mol. The van der Waals surface area contributed by atoms with Crippen LogP contribution >= 0.6 is 0 Å². The predicted octanol–water partition coefficient (Wildman–Crippen LogP) is 2.72. The number of imide groups is 1. The largest absolute Gasteiger partial charge is 0.354 e. The SMILES string of the molecule is O=C(CN1C(=O)NC2(CCCCCCC2)C1=O)NCC1CCCCC1. The lowest BCUT2D eigenvalue weighted by Crippen LogP contribution is -2.48. The minimum absolute atomic E-state index is 0.154. The summed E-state index contributed by atoms with van der Waals surface area (Å²) < 4.78 is 0. The maximum atomic E-state index is 12.9. The Kier molecular flexibility index (Phi) is 5.97. The molecule has 140 valence electrons. The fourth-order valence-electron chi connectivity index (χ4n) is 4.52. The molecule has 6 nitrogen and oxygen atoms in total. The first-order chi connectivity index (χ1) is 12.1. The summed E-state index contributed by atoms with van der Waals surface area (Å²) in [5.41, 5.74) is -0.763. The van der Waals surface area contributed by atoms with E-state index in [4.69, 9.17) is 0 Å². The molecule has 0 aromatic heterocycles. The van der Waals surface area contributed by atoms with Gasteiger partial charge in [-0.05, 0) is 31.6 Å². The number of carbonyl (C=O) groups excluding carboxylic acids is 3. The zero-order valence-corrected chi connectivity index (χ0v) is 15.1. The van der Waals surface area contributed by atoms with Crippen molar-refractivity contribution in [3.05, 3.63) is 0 Å². The first-order valence-corrected chi connectivity index (χ1v) is 10.0. The third kappa shape index (κ3) is 4.33. The molecule has 1 aliphatic heterocycles. The fraction of sp³-hybridized carbons (Fsp3) is 0.842. The molecule has 1 spiro atoms. The van der Waals surface area contributed by atoms with Crippen molar-refractivity contribution in [3.63, 3.8) is 0 Å². The third-order valence-corrected chi connectivity index (χ3v) is 6.07. The summed E-state index contributed by atoms with van der Waals surface area (Å²) in [6, 6.07) is -0.404. The second-order valence-electron chi connectivity index (χ2n) is 7.98. The minimum Gasteiger partial charge on any atom is -0.354 e. The molecule has 0 aromatic carbocycles. The number of carbonyl (C=O) groups is 3. The van der Waals surface area contributed by atoms with E-state index < -0.39 is 11.6 Å². The van der Waals surface area contributed by atoms with Crippen LogP contribution in [0.2, 0.25) is 0 Å². The number of amides is 4. The van der Waals surface area contributed by atoms with E-state index in [2.05, 4.69) is 10.6 Å². The molecule has 1 saturated heterocycles. The molecule has 25 heavy (non-hydrogen) atoms. The maximum absolute atomic E-state index is 12.9. The summed E-state index contributed by atoms with van der Waals surface area (Å²) in [5.74, 6) is 0.113. The van der Waals surface area contributed by atoms with Crippen LogP contribution in [0.5, 0.6) is 0 Å². The third-order valence-electron chi connectivity index (χ3n) is 6.07. The van der Waals surface area contributed by atoms with Crippen LogP contribution in [0.1, 0.15) is 77.0 Å². The van der Waals surface area contributed by atoms with Gasteiger partial charge in [-0.2, -0.15) is 0 Å². The van der Waals surface area contributed by atoms with E-state index in [0.717, 1.165) is 43.4 Å². The van der Waals surface area contributed by atoms with Crippen LogP contribution in [-0.2, 0) is 9.59 Å². The Bertz CT molecular complexity index is 506. The van der Waals surface area contributed by atoms with Crippen LogP contribution in [0.25, 0.3) is 0 Å². The second-order valence-corrected chi connectivity index (χ2v) is 7.98. The molecule has 0 bridgehead atoms. The van der Waals surface area contributed by atoms with Gasteiger partial charge in [-0.25, -0.2) is 4.79 Å². The van der Waals surface area contributed by atoms with Crippen LogP contribution in [0.4, 0.5) is 4.79 Å². The summed E-state index contributed by atoms with van der Waals surface area (Å²) in [7, 11) is 0. The average Bonchev–Trinajstić information content (AvgIpc) is 2.82. The van der Waals surface area contributed by atoms with Gasteiger partial charge < -0.3 is 10.6 Å². The van der Waals surface area contributed by atoms with Crippen molar-refractivity contribution in [1.29, 1.82) is 0 Å². The van der Waals surface area contributed by atoms with Gasteiger partial charge >= 0.3 is 6.03 Å². The van der Waals surface area contributed by atoms with Gasteiger partial charge in [0.15, 0.2) is 0 Å². The summed E-state index contributed by atoms with van der Waals surface area (Å²) in [6.07, 6.45) is 12.8. The summed E-state index contributed by atoms with van der Waals surface area (Å²) in [4.78, 5) is 38.5. The van der Waals surface area contributed by atoms with E-state index in [1.54, 1.807) is 0 Å². The van der Waals surface area contributed by atoms with Crippen LogP contribution in [-0.4, -0.2) is 41.4 Å². The highest BCUT2D eigenvalue weighted by atomic mass is 16.2. The highest BCUT2D eigenvalue weighted by Gasteiger charge is 2.50. The Hall–Kier alpha value is -1.59. The highest BCUT2D eigenvalue weighted by Crippen LogP contribution is 2.32. The van der Waals surface area contributed by atoms with Gasteiger partial charge in [0.2, 0.25) is 5.91 Å². The van der Waals surface area contributed by atoms with Crippen molar-refractivity contribution >= 4 is 17.8 Å². The number of hydrogen-bond acceptors (Lipinski definition) is 3. The van der Waals surface area contributed by atoms with Gasteiger partial charge in [0.05, 0.1) is 0 Å². The van der Waals surface area contributed by atoms with Crippen molar-refractivity contribution in [1.82, 2.24) is 15.5 Å². The highest BCUT2D eigenvalue weighted by molar-refractivity contribution is 6.09. The Balaban J connectivity index is 1.53. The van der Waals surface area contributed by atoms with E-state index in [0.29, 0.717) is 25.3 Å². The van der Waals surface area contributed by atoms with E-state index in [1.165, 1.54) is 25.7 Å². The summed E-state index contributed by atoms with van der Waals surface area (Å²) in [5, 5.41) is 5.83. The number of nitrogens with zero attached hydrogens (tertiary/aromatic N) is 1. The number of nitrogens with one attached hydrogen (secondary N) is 2. The standard InChI is InChI=1S/C19H31N3O3/c23-16(20-13-15-9-5-4-6-10-15)14-22-17(24)19(21-18(22)25)11-7-2-1-3-8-12-19/h15H,1-14H2,(H,20,23)(H,21,25). The van der Waals surface area contributed by atoms with Crippen molar-refractivity contribution in [3.8, 4) is 0 Å². The van der Waals surface area contributed by atoms with Gasteiger partial charge in [-0.1, -0.05) is 51.4 Å². The van der Waals surface area contributed by atoms with E-state index in [9.17, 15) is 14.4 Å². The van der Waals surface area contributed by atoms with Crippen molar-refractivity contribution in [2.75, 3.05) is 13.1 Å². The molecule has 3 fully saturated rings. The van der Waals surface area contributed by atoms with Crippen LogP contribution in [0, 0.1) is 5.92 Å². The maximum Gasteiger partial charge on any atom is 0.325 e. The minimum atomic E-state index is -0.763. The van der Waals surface area contributed by atoms with Gasteiger partial charge in [0.1, 0.15) is 12.1 Å². The molecule has 0 radical (unpaired) electrons. The Morgan fingerprint density at radius 3 is 2.28 bits per heavy atom. The molecular weight excluding hydrogens is 318 g/mol. The van der Waals surface area contributed by atoms with E-state index in [-0.39, 0.29) is 18.4 Å². The molecule has 0 aromatic rings. The first-order valence-electron chi connectivity index (χ1n) is 10.0. The van der Waals surface area contributed by atoms with Crippen LogP contribution in [0.15, 0.2) is 0 Å². The van der Waals surface area contributed by atoms with Gasteiger partial charge in [-0.15, -0.1) is 0 Å². The zero-order valence-electron chi connectivity index (χ0n) is 15.1. The smallest absolute Gasteiger partial charge is 0.325 e. The van der Waals surface area contributed by atoms with E-state index >= 15 is 0 Å². The Labute approximate surface area is 150 Å². The molecule has 4 amide bonds. The van der Waals surface area contributed by atoms with Gasteiger partial charge in [0, 0.05) is 6.54 Å². The van der Waals surface area contributed by atoms with Crippen molar-refractivity contribution in [2.45, 2.75) is 82.6 Å².